The average molecular weight is 289 g/mol. The van der Waals surface area contributed by atoms with E-state index in [0.29, 0.717) is 6.61 Å². The van der Waals surface area contributed by atoms with Gasteiger partial charge in [0.2, 0.25) is 5.91 Å². The van der Waals surface area contributed by atoms with Crippen LogP contribution in [0.2, 0.25) is 0 Å². The quantitative estimate of drug-likeness (QED) is 0.638. The number of amides is 1. The molecule has 0 radical (unpaired) electrons. The number of rotatable bonds is 8. The van der Waals surface area contributed by atoms with E-state index in [1.165, 1.54) is 0 Å². The Morgan fingerprint density at radius 3 is 2.30 bits per heavy atom. The fraction of sp³-hybridized carbons (Fsp3) is 0.769. The predicted molar refractivity (Wildman–Crippen MR) is 71.1 cm³/mol. The fourth-order valence-corrected chi connectivity index (χ4v) is 1.34. The lowest BCUT2D eigenvalue weighted by Crippen LogP contribution is -2.43. The van der Waals surface area contributed by atoms with Gasteiger partial charge in [0.05, 0.1) is 0 Å². The molecule has 0 heterocycles. The van der Waals surface area contributed by atoms with Crippen molar-refractivity contribution < 1.29 is 29.0 Å². The lowest BCUT2D eigenvalue weighted by Gasteiger charge is -2.20. The van der Waals surface area contributed by atoms with Gasteiger partial charge in [-0.25, -0.2) is 4.79 Å². The van der Waals surface area contributed by atoms with Crippen molar-refractivity contribution in [2.24, 2.45) is 0 Å². The average Bonchev–Trinajstić information content (AvgIpc) is 2.29. The molecule has 0 aliphatic carbocycles. The summed E-state index contributed by atoms with van der Waals surface area (Å²) in [6.07, 6.45) is -0.106. The van der Waals surface area contributed by atoms with E-state index in [2.05, 4.69) is 5.32 Å². The molecule has 0 aliphatic heterocycles. The third-order valence-corrected chi connectivity index (χ3v) is 2.13. The molecule has 7 heteroatoms. The van der Waals surface area contributed by atoms with Crippen LogP contribution in [0.25, 0.3) is 0 Å². The van der Waals surface area contributed by atoms with Crippen molar-refractivity contribution in [2.75, 3.05) is 13.2 Å². The number of ether oxygens (including phenoxy) is 2. The van der Waals surface area contributed by atoms with Crippen LogP contribution in [0.4, 0.5) is 0 Å². The summed E-state index contributed by atoms with van der Waals surface area (Å²) in [5, 5.41) is 11.3. The van der Waals surface area contributed by atoms with Crippen molar-refractivity contribution in [1.29, 1.82) is 0 Å². The van der Waals surface area contributed by atoms with Crippen molar-refractivity contribution in [3.8, 4) is 0 Å². The molecule has 0 saturated carbocycles. The number of carbonyl (C=O) groups excluding carboxylic acids is 2. The topological polar surface area (TPSA) is 102 Å². The van der Waals surface area contributed by atoms with Crippen molar-refractivity contribution in [3.05, 3.63) is 0 Å². The minimum atomic E-state index is -1.20. The summed E-state index contributed by atoms with van der Waals surface area (Å²) in [5.41, 5.74) is -0.617. The standard InChI is InChI=1S/C13H23NO6/c1-5-19-8-10(15)14-9(12(17)18)6-7-11(16)20-13(2,3)4/h9H,5-8H2,1-4H3,(H,14,15)(H,17,18)/t9-/m1/s1. The Labute approximate surface area is 118 Å². The molecule has 116 valence electrons. The van der Waals surface area contributed by atoms with Gasteiger partial charge < -0.3 is 19.9 Å². The van der Waals surface area contributed by atoms with E-state index in [9.17, 15) is 14.4 Å². The molecule has 0 bridgehead atoms. The largest absolute Gasteiger partial charge is 0.480 e. The number of hydrogen-bond acceptors (Lipinski definition) is 5. The van der Waals surface area contributed by atoms with E-state index in [1.807, 2.05) is 0 Å². The molecule has 7 nitrogen and oxygen atoms in total. The van der Waals surface area contributed by atoms with E-state index >= 15 is 0 Å². The van der Waals surface area contributed by atoms with Gasteiger partial charge in [0, 0.05) is 13.0 Å². The highest BCUT2D eigenvalue weighted by Crippen LogP contribution is 2.10. The monoisotopic (exact) mass is 289 g/mol. The first-order valence-corrected chi connectivity index (χ1v) is 6.47. The Morgan fingerprint density at radius 2 is 1.85 bits per heavy atom. The van der Waals surface area contributed by atoms with Crippen LogP contribution >= 0.6 is 0 Å². The molecule has 0 rings (SSSR count). The van der Waals surface area contributed by atoms with Crippen molar-refractivity contribution >= 4 is 17.8 Å². The van der Waals surface area contributed by atoms with Crippen LogP contribution in [0.5, 0.6) is 0 Å². The molecule has 20 heavy (non-hydrogen) atoms. The first kappa shape index (κ1) is 18.4. The van der Waals surface area contributed by atoms with Gasteiger partial charge in [-0.1, -0.05) is 0 Å². The van der Waals surface area contributed by atoms with Gasteiger partial charge in [0.1, 0.15) is 18.2 Å². The lowest BCUT2D eigenvalue weighted by atomic mass is 10.1. The van der Waals surface area contributed by atoms with Gasteiger partial charge in [0.25, 0.3) is 0 Å². The molecule has 0 aromatic carbocycles. The number of hydrogen-bond donors (Lipinski definition) is 2. The SMILES string of the molecule is CCOCC(=O)N[C@H](CCC(=O)OC(C)(C)C)C(=O)O. The number of nitrogens with one attached hydrogen (secondary N) is 1. The molecule has 0 aliphatic rings. The third-order valence-electron chi connectivity index (χ3n) is 2.13. The van der Waals surface area contributed by atoms with Gasteiger partial charge in [0.15, 0.2) is 0 Å². The maximum absolute atomic E-state index is 11.5. The van der Waals surface area contributed by atoms with E-state index in [1.54, 1.807) is 27.7 Å². The number of carboxylic acid groups (broad SMARTS) is 1. The summed E-state index contributed by atoms with van der Waals surface area (Å²) in [6.45, 7) is 7.07. The van der Waals surface area contributed by atoms with Gasteiger partial charge in [-0.3, -0.25) is 9.59 Å². The Morgan fingerprint density at radius 1 is 1.25 bits per heavy atom. The molecule has 0 aromatic rings. The Hall–Kier alpha value is -1.63. The predicted octanol–water partition coefficient (Wildman–Crippen LogP) is 0.714. The summed E-state index contributed by atoms with van der Waals surface area (Å²) in [5.74, 6) is -2.22. The van der Waals surface area contributed by atoms with Gasteiger partial charge >= 0.3 is 11.9 Å². The summed E-state index contributed by atoms with van der Waals surface area (Å²) in [6, 6.07) is -1.13. The maximum Gasteiger partial charge on any atom is 0.326 e. The molecule has 0 saturated heterocycles. The molecule has 0 fully saturated rings. The van der Waals surface area contributed by atoms with Gasteiger partial charge in [-0.2, -0.15) is 0 Å². The van der Waals surface area contributed by atoms with E-state index in [0.717, 1.165) is 0 Å². The van der Waals surface area contributed by atoms with E-state index < -0.39 is 29.5 Å². The zero-order valence-corrected chi connectivity index (χ0v) is 12.4. The van der Waals surface area contributed by atoms with Crippen LogP contribution < -0.4 is 5.32 Å². The molecule has 2 N–H and O–H groups in total. The van der Waals surface area contributed by atoms with Crippen LogP contribution in [0.3, 0.4) is 0 Å². The molecule has 0 unspecified atom stereocenters. The molecule has 1 amide bonds. The summed E-state index contributed by atoms with van der Waals surface area (Å²) >= 11 is 0. The second-order valence-corrected chi connectivity index (χ2v) is 5.22. The van der Waals surface area contributed by atoms with Crippen LogP contribution in [0, 0.1) is 0 Å². The van der Waals surface area contributed by atoms with Crippen molar-refractivity contribution in [2.45, 2.75) is 52.2 Å². The number of carbonyl (C=O) groups is 3. The molecule has 0 spiro atoms. The van der Waals surface area contributed by atoms with Crippen LogP contribution in [0.1, 0.15) is 40.5 Å². The minimum absolute atomic E-state index is 0.0257. The first-order chi connectivity index (χ1) is 9.15. The van der Waals surface area contributed by atoms with E-state index in [-0.39, 0.29) is 19.4 Å². The smallest absolute Gasteiger partial charge is 0.326 e. The Bertz CT molecular complexity index is 347. The molecular weight excluding hydrogens is 266 g/mol. The van der Waals surface area contributed by atoms with E-state index in [4.69, 9.17) is 14.6 Å². The highest BCUT2D eigenvalue weighted by Gasteiger charge is 2.23. The molecular formula is C13H23NO6. The number of carboxylic acids is 1. The summed E-state index contributed by atoms with van der Waals surface area (Å²) < 4.78 is 9.94. The van der Waals surface area contributed by atoms with Crippen LogP contribution in [-0.2, 0) is 23.9 Å². The second kappa shape index (κ2) is 8.52. The molecule has 1 atom stereocenters. The zero-order chi connectivity index (χ0) is 15.8. The fourth-order valence-electron chi connectivity index (χ4n) is 1.34. The summed E-state index contributed by atoms with van der Waals surface area (Å²) in [4.78, 5) is 33.9. The second-order valence-electron chi connectivity index (χ2n) is 5.22. The summed E-state index contributed by atoms with van der Waals surface area (Å²) in [7, 11) is 0. The number of esters is 1. The maximum atomic E-state index is 11.5. The molecule has 0 aromatic heterocycles. The van der Waals surface area contributed by atoms with Crippen LogP contribution in [0.15, 0.2) is 0 Å². The highest BCUT2D eigenvalue weighted by atomic mass is 16.6. The normalized spacial score (nSPS) is 12.6. The minimum Gasteiger partial charge on any atom is -0.480 e. The Balaban J connectivity index is 4.25. The van der Waals surface area contributed by atoms with Gasteiger partial charge in [-0.05, 0) is 34.1 Å². The first-order valence-electron chi connectivity index (χ1n) is 6.47. The third kappa shape index (κ3) is 9.32. The van der Waals surface area contributed by atoms with Crippen molar-refractivity contribution in [1.82, 2.24) is 5.32 Å². The lowest BCUT2D eigenvalue weighted by molar-refractivity contribution is -0.155. The van der Waals surface area contributed by atoms with Crippen molar-refractivity contribution in [3.63, 3.8) is 0 Å². The van der Waals surface area contributed by atoms with Crippen LogP contribution in [-0.4, -0.2) is 47.8 Å². The zero-order valence-electron chi connectivity index (χ0n) is 12.4. The highest BCUT2D eigenvalue weighted by molar-refractivity contribution is 5.84. The Kier molecular flexibility index (Phi) is 7.83. The van der Waals surface area contributed by atoms with Gasteiger partial charge in [-0.15, -0.1) is 0 Å². The number of aliphatic carboxylic acids is 1.